The van der Waals surface area contributed by atoms with Crippen LogP contribution in [0.3, 0.4) is 0 Å². The van der Waals surface area contributed by atoms with Gasteiger partial charge >= 0.3 is 0 Å². The van der Waals surface area contributed by atoms with Gasteiger partial charge in [0.1, 0.15) is 0 Å². The smallest absolute Gasteiger partial charge is 0.221 e. The van der Waals surface area contributed by atoms with E-state index in [-0.39, 0.29) is 5.91 Å². The maximum absolute atomic E-state index is 11.2. The Morgan fingerprint density at radius 1 is 1.44 bits per heavy atom. The molecule has 1 N–H and O–H groups in total. The molecule has 1 aromatic carbocycles. The van der Waals surface area contributed by atoms with Crippen LogP contribution in [0.4, 0.5) is 0 Å². The minimum absolute atomic E-state index is 0.0391. The van der Waals surface area contributed by atoms with Crippen LogP contribution in [0.15, 0.2) is 24.3 Å². The van der Waals surface area contributed by atoms with Gasteiger partial charge in [-0.1, -0.05) is 18.2 Å². The molecular weight excluding hydrogens is 202 g/mol. The van der Waals surface area contributed by atoms with Gasteiger partial charge in [0.15, 0.2) is 0 Å². The molecule has 0 atom stereocenters. The lowest BCUT2D eigenvalue weighted by molar-refractivity contribution is -0.120. The Morgan fingerprint density at radius 3 is 2.94 bits per heavy atom. The van der Waals surface area contributed by atoms with E-state index in [9.17, 15) is 4.79 Å². The van der Waals surface area contributed by atoms with Crippen molar-refractivity contribution in [2.75, 3.05) is 7.05 Å². The maximum Gasteiger partial charge on any atom is 0.221 e. The number of para-hydroxylation sites is 1. The monoisotopic (exact) mass is 217 g/mol. The molecule has 84 valence electrons. The number of hydrogen-bond acceptors (Lipinski definition) is 2. The predicted octanol–water partition coefficient (Wildman–Crippen LogP) is 1.48. The quantitative estimate of drug-likeness (QED) is 0.846. The fourth-order valence-corrected chi connectivity index (χ4v) is 1.80. The molecule has 4 heteroatoms. The molecule has 0 aliphatic rings. The standard InChI is InChI=1S/C12H15N3O/c1-9-10-5-3-4-6-11(10)15(14-9)8-7-12(16)13-2/h3-6H,7-8H2,1-2H3,(H,13,16). The number of carbonyl (C=O) groups excluding carboxylic acids is 1. The summed E-state index contributed by atoms with van der Waals surface area (Å²) < 4.78 is 1.89. The first-order chi connectivity index (χ1) is 7.72. The molecule has 2 rings (SSSR count). The Hall–Kier alpha value is -1.84. The van der Waals surface area contributed by atoms with Gasteiger partial charge in [-0.3, -0.25) is 9.48 Å². The molecular formula is C12H15N3O. The zero-order valence-electron chi connectivity index (χ0n) is 9.53. The summed E-state index contributed by atoms with van der Waals surface area (Å²) in [6, 6.07) is 8.06. The molecule has 0 radical (unpaired) electrons. The molecule has 0 saturated carbocycles. The molecule has 0 aliphatic carbocycles. The van der Waals surface area contributed by atoms with E-state index in [2.05, 4.69) is 10.4 Å². The molecule has 0 fully saturated rings. The van der Waals surface area contributed by atoms with Gasteiger partial charge in [0.25, 0.3) is 0 Å². The van der Waals surface area contributed by atoms with Gasteiger partial charge in [0.05, 0.1) is 17.8 Å². The second-order valence-corrected chi connectivity index (χ2v) is 3.75. The number of rotatable bonds is 3. The van der Waals surface area contributed by atoms with Crippen molar-refractivity contribution >= 4 is 16.8 Å². The van der Waals surface area contributed by atoms with Gasteiger partial charge in [-0.15, -0.1) is 0 Å². The number of benzene rings is 1. The minimum atomic E-state index is 0.0391. The lowest BCUT2D eigenvalue weighted by atomic mass is 10.2. The molecule has 0 bridgehead atoms. The fourth-order valence-electron chi connectivity index (χ4n) is 1.80. The average molecular weight is 217 g/mol. The molecule has 16 heavy (non-hydrogen) atoms. The Morgan fingerprint density at radius 2 is 2.19 bits per heavy atom. The summed E-state index contributed by atoms with van der Waals surface area (Å²) in [5.41, 5.74) is 2.09. The van der Waals surface area contributed by atoms with Crippen LogP contribution in [0.2, 0.25) is 0 Å². The third-order valence-corrected chi connectivity index (χ3v) is 2.67. The van der Waals surface area contributed by atoms with Crippen LogP contribution < -0.4 is 5.32 Å². The van der Waals surface area contributed by atoms with Gasteiger partial charge in [-0.25, -0.2) is 0 Å². The summed E-state index contributed by atoms with van der Waals surface area (Å²) in [6.07, 6.45) is 0.460. The topological polar surface area (TPSA) is 46.9 Å². The van der Waals surface area contributed by atoms with Crippen molar-refractivity contribution in [3.63, 3.8) is 0 Å². The second kappa shape index (κ2) is 4.35. The lowest BCUT2D eigenvalue weighted by Crippen LogP contribution is -2.19. The highest BCUT2D eigenvalue weighted by Gasteiger charge is 2.07. The van der Waals surface area contributed by atoms with E-state index in [0.717, 1.165) is 16.6 Å². The molecule has 0 saturated heterocycles. The zero-order chi connectivity index (χ0) is 11.5. The van der Waals surface area contributed by atoms with Crippen molar-refractivity contribution in [3.05, 3.63) is 30.0 Å². The van der Waals surface area contributed by atoms with Gasteiger partial charge < -0.3 is 5.32 Å². The molecule has 1 heterocycles. The Bertz CT molecular complexity index is 516. The molecule has 1 aromatic heterocycles. The van der Waals surface area contributed by atoms with E-state index in [1.54, 1.807) is 7.05 Å². The number of carbonyl (C=O) groups is 1. The Balaban J connectivity index is 2.27. The summed E-state index contributed by atoms with van der Waals surface area (Å²) >= 11 is 0. The number of hydrogen-bond donors (Lipinski definition) is 1. The van der Waals surface area contributed by atoms with E-state index >= 15 is 0 Å². The van der Waals surface area contributed by atoms with Gasteiger partial charge in [-0.2, -0.15) is 5.10 Å². The number of nitrogens with one attached hydrogen (secondary N) is 1. The van der Waals surface area contributed by atoms with Gasteiger partial charge in [0, 0.05) is 18.9 Å². The first-order valence-corrected chi connectivity index (χ1v) is 5.35. The zero-order valence-corrected chi connectivity index (χ0v) is 9.53. The molecule has 0 spiro atoms. The van der Waals surface area contributed by atoms with Crippen LogP contribution in [-0.4, -0.2) is 22.7 Å². The van der Waals surface area contributed by atoms with Crippen molar-refractivity contribution in [2.24, 2.45) is 0 Å². The van der Waals surface area contributed by atoms with Crippen LogP contribution >= 0.6 is 0 Å². The molecule has 0 unspecified atom stereocenters. The first-order valence-electron chi connectivity index (χ1n) is 5.35. The molecule has 4 nitrogen and oxygen atoms in total. The largest absolute Gasteiger partial charge is 0.359 e. The SMILES string of the molecule is CNC(=O)CCn1nc(C)c2ccccc21. The van der Waals surface area contributed by atoms with Crippen LogP contribution in [0.5, 0.6) is 0 Å². The summed E-state index contributed by atoms with van der Waals surface area (Å²) in [5, 5.41) is 8.19. The highest BCUT2D eigenvalue weighted by atomic mass is 16.1. The van der Waals surface area contributed by atoms with Crippen LogP contribution in [0.25, 0.3) is 10.9 Å². The molecule has 0 aliphatic heterocycles. The average Bonchev–Trinajstić information content (AvgIpc) is 2.64. The maximum atomic E-state index is 11.2. The van der Waals surface area contributed by atoms with Crippen molar-refractivity contribution in [1.29, 1.82) is 0 Å². The summed E-state index contributed by atoms with van der Waals surface area (Å²) in [7, 11) is 1.65. The van der Waals surface area contributed by atoms with Gasteiger partial charge in [0.2, 0.25) is 5.91 Å². The third-order valence-electron chi connectivity index (χ3n) is 2.67. The number of aryl methyl sites for hydroxylation is 2. The van der Waals surface area contributed by atoms with Crippen LogP contribution in [-0.2, 0) is 11.3 Å². The summed E-state index contributed by atoms with van der Waals surface area (Å²) in [6.45, 7) is 2.60. The number of aromatic nitrogens is 2. The van der Waals surface area contributed by atoms with E-state index < -0.39 is 0 Å². The van der Waals surface area contributed by atoms with E-state index in [4.69, 9.17) is 0 Å². The lowest BCUT2D eigenvalue weighted by Gasteiger charge is -2.02. The highest BCUT2D eigenvalue weighted by Crippen LogP contribution is 2.17. The molecule has 2 aromatic rings. The predicted molar refractivity (Wildman–Crippen MR) is 63.2 cm³/mol. The Kier molecular flexibility index (Phi) is 2.90. The van der Waals surface area contributed by atoms with E-state index in [0.29, 0.717) is 13.0 Å². The van der Waals surface area contributed by atoms with E-state index in [1.165, 1.54) is 0 Å². The highest BCUT2D eigenvalue weighted by molar-refractivity contribution is 5.82. The number of fused-ring (bicyclic) bond motifs is 1. The van der Waals surface area contributed by atoms with Crippen molar-refractivity contribution in [3.8, 4) is 0 Å². The van der Waals surface area contributed by atoms with Crippen molar-refractivity contribution < 1.29 is 4.79 Å². The summed E-state index contributed by atoms with van der Waals surface area (Å²) in [4.78, 5) is 11.2. The van der Waals surface area contributed by atoms with Crippen LogP contribution in [0.1, 0.15) is 12.1 Å². The fraction of sp³-hybridized carbons (Fsp3) is 0.333. The normalized spacial score (nSPS) is 10.6. The summed E-state index contributed by atoms with van der Waals surface area (Å²) in [5.74, 6) is 0.0391. The minimum Gasteiger partial charge on any atom is -0.359 e. The second-order valence-electron chi connectivity index (χ2n) is 3.75. The van der Waals surface area contributed by atoms with Gasteiger partial charge in [-0.05, 0) is 13.0 Å². The van der Waals surface area contributed by atoms with Crippen LogP contribution in [0, 0.1) is 6.92 Å². The third kappa shape index (κ3) is 1.91. The first kappa shape index (κ1) is 10.7. The van der Waals surface area contributed by atoms with E-state index in [1.807, 2.05) is 35.9 Å². The number of amides is 1. The Labute approximate surface area is 94.3 Å². The van der Waals surface area contributed by atoms with Crippen molar-refractivity contribution in [1.82, 2.24) is 15.1 Å². The van der Waals surface area contributed by atoms with Crippen molar-refractivity contribution in [2.45, 2.75) is 19.9 Å². The number of nitrogens with zero attached hydrogens (tertiary/aromatic N) is 2. The molecule has 1 amide bonds.